The number of phenols is 1. The summed E-state index contributed by atoms with van der Waals surface area (Å²) in [5.41, 5.74) is 2.32. The minimum Gasteiger partial charge on any atom is -0.504 e. The van der Waals surface area contributed by atoms with E-state index in [1.54, 1.807) is 17.8 Å². The molecule has 8 heteroatoms. The normalized spacial score (nSPS) is 14.9. The zero-order valence-corrected chi connectivity index (χ0v) is 21.1. The van der Waals surface area contributed by atoms with E-state index in [9.17, 15) is 5.11 Å². The first-order chi connectivity index (χ1) is 16.6. The Bertz CT molecular complexity index is 1110. The van der Waals surface area contributed by atoms with Gasteiger partial charge in [0.2, 0.25) is 0 Å². The highest BCUT2D eigenvalue weighted by Gasteiger charge is 2.26. The van der Waals surface area contributed by atoms with Crippen LogP contribution in [0.2, 0.25) is 5.02 Å². The number of likely N-dealkylation sites (tertiary alicyclic amines) is 1. The van der Waals surface area contributed by atoms with Gasteiger partial charge in [-0.3, -0.25) is 4.90 Å². The van der Waals surface area contributed by atoms with E-state index in [0.29, 0.717) is 24.8 Å². The number of hydrogen-bond acceptors (Lipinski definition) is 6. The molecular formula is C26H31ClN4O2S. The van der Waals surface area contributed by atoms with Crippen LogP contribution in [0.1, 0.15) is 42.6 Å². The van der Waals surface area contributed by atoms with Crippen LogP contribution < -0.4 is 4.74 Å². The number of halogens is 1. The van der Waals surface area contributed by atoms with Crippen LogP contribution in [0.25, 0.3) is 0 Å². The Kier molecular flexibility index (Phi) is 8.53. The maximum Gasteiger partial charge on any atom is 0.191 e. The number of phenolic OH excluding ortho intramolecular Hbond substituents is 1. The number of aromatic hydroxyl groups is 1. The minimum atomic E-state index is 0.190. The van der Waals surface area contributed by atoms with Crippen molar-refractivity contribution in [1.29, 1.82) is 0 Å². The zero-order valence-electron chi connectivity index (χ0n) is 19.5. The molecule has 0 atom stereocenters. The number of aromatic nitrogens is 3. The number of benzene rings is 2. The molecule has 4 rings (SSSR count). The molecule has 6 nitrogen and oxygen atoms in total. The van der Waals surface area contributed by atoms with Gasteiger partial charge in [-0.2, -0.15) is 0 Å². The summed E-state index contributed by atoms with van der Waals surface area (Å²) >= 11 is 7.81. The minimum absolute atomic E-state index is 0.190. The molecule has 0 aliphatic carbocycles. The number of nitrogens with zero attached hydrogens (tertiary/aromatic N) is 4. The smallest absolute Gasteiger partial charge is 0.191 e. The lowest BCUT2D eigenvalue weighted by molar-refractivity contribution is 0.199. The van der Waals surface area contributed by atoms with Crippen LogP contribution in [-0.4, -0.2) is 44.5 Å². The fourth-order valence-electron chi connectivity index (χ4n) is 4.32. The largest absolute Gasteiger partial charge is 0.504 e. The van der Waals surface area contributed by atoms with Gasteiger partial charge >= 0.3 is 0 Å². The van der Waals surface area contributed by atoms with E-state index in [1.807, 2.05) is 43.3 Å². The van der Waals surface area contributed by atoms with Crippen molar-refractivity contribution in [2.24, 2.45) is 0 Å². The van der Waals surface area contributed by atoms with Crippen LogP contribution in [0.4, 0.5) is 0 Å². The van der Waals surface area contributed by atoms with Gasteiger partial charge < -0.3 is 14.4 Å². The van der Waals surface area contributed by atoms with E-state index in [1.165, 1.54) is 5.56 Å². The Morgan fingerprint density at radius 2 is 2.00 bits per heavy atom. The maximum absolute atomic E-state index is 9.95. The molecule has 1 saturated heterocycles. The molecule has 0 radical (unpaired) electrons. The Morgan fingerprint density at radius 1 is 1.18 bits per heavy atom. The van der Waals surface area contributed by atoms with E-state index < -0.39 is 0 Å². The van der Waals surface area contributed by atoms with Gasteiger partial charge in [-0.15, -0.1) is 16.8 Å². The van der Waals surface area contributed by atoms with Crippen LogP contribution in [-0.2, 0) is 18.8 Å². The van der Waals surface area contributed by atoms with Gasteiger partial charge in [-0.05, 0) is 68.2 Å². The first-order valence-corrected chi connectivity index (χ1v) is 13.0. The third kappa shape index (κ3) is 6.14. The van der Waals surface area contributed by atoms with Gasteiger partial charge in [0.1, 0.15) is 5.82 Å². The molecule has 0 bridgehead atoms. The highest BCUT2D eigenvalue weighted by molar-refractivity contribution is 7.98. The molecule has 1 aromatic heterocycles. The number of ether oxygens (including phenoxy) is 1. The lowest BCUT2D eigenvalue weighted by Crippen LogP contribution is -2.33. The second-order valence-electron chi connectivity index (χ2n) is 8.44. The Hall–Kier alpha value is -2.48. The predicted octanol–water partition coefficient (Wildman–Crippen LogP) is 5.89. The van der Waals surface area contributed by atoms with Crippen molar-refractivity contribution in [2.45, 2.75) is 49.7 Å². The average molecular weight is 499 g/mol. The third-order valence-electron chi connectivity index (χ3n) is 6.00. The van der Waals surface area contributed by atoms with E-state index in [2.05, 4.69) is 32.3 Å². The summed E-state index contributed by atoms with van der Waals surface area (Å²) in [6.07, 6.45) is 3.97. The highest BCUT2D eigenvalue weighted by Crippen LogP contribution is 2.32. The predicted molar refractivity (Wildman–Crippen MR) is 138 cm³/mol. The highest BCUT2D eigenvalue weighted by atomic mass is 35.5. The molecule has 34 heavy (non-hydrogen) atoms. The van der Waals surface area contributed by atoms with E-state index in [4.69, 9.17) is 16.3 Å². The third-order valence-corrected chi connectivity index (χ3v) is 7.27. The summed E-state index contributed by atoms with van der Waals surface area (Å²) in [7, 11) is 0. The summed E-state index contributed by atoms with van der Waals surface area (Å²) in [5.74, 6) is 2.97. The molecular weight excluding hydrogens is 468 g/mol. The van der Waals surface area contributed by atoms with Crippen molar-refractivity contribution in [3.8, 4) is 11.5 Å². The van der Waals surface area contributed by atoms with Crippen molar-refractivity contribution in [1.82, 2.24) is 19.7 Å². The van der Waals surface area contributed by atoms with Crippen molar-refractivity contribution >= 4 is 23.4 Å². The van der Waals surface area contributed by atoms with Gasteiger partial charge in [0.25, 0.3) is 0 Å². The second kappa shape index (κ2) is 11.8. The summed E-state index contributed by atoms with van der Waals surface area (Å²) in [5, 5.41) is 20.7. The van der Waals surface area contributed by atoms with Crippen LogP contribution in [0.5, 0.6) is 11.5 Å². The summed E-state index contributed by atoms with van der Waals surface area (Å²) in [4.78, 5) is 2.45. The van der Waals surface area contributed by atoms with Crippen molar-refractivity contribution < 1.29 is 9.84 Å². The molecule has 2 aromatic carbocycles. The molecule has 1 N–H and O–H groups in total. The zero-order chi connectivity index (χ0) is 23.9. The fraction of sp³-hybridized carbons (Fsp3) is 0.385. The first kappa shape index (κ1) is 24.6. The number of rotatable bonds is 10. The number of piperidine rings is 1. The van der Waals surface area contributed by atoms with Crippen molar-refractivity contribution in [3.63, 3.8) is 0 Å². The molecule has 0 saturated carbocycles. The van der Waals surface area contributed by atoms with Crippen LogP contribution in [0, 0.1) is 0 Å². The monoisotopic (exact) mass is 498 g/mol. The topological polar surface area (TPSA) is 63.4 Å². The molecule has 1 aliphatic rings. The number of thioether (sulfide) groups is 1. The number of hydrogen-bond donors (Lipinski definition) is 1. The Balaban J connectivity index is 1.38. The number of allylic oxidation sites excluding steroid dienone is 1. The first-order valence-electron chi connectivity index (χ1n) is 11.7. The van der Waals surface area contributed by atoms with Crippen LogP contribution in [0.15, 0.2) is 60.3 Å². The summed E-state index contributed by atoms with van der Waals surface area (Å²) in [6.45, 7) is 9.91. The fourth-order valence-corrected chi connectivity index (χ4v) is 5.43. The maximum atomic E-state index is 9.95. The van der Waals surface area contributed by atoms with Crippen molar-refractivity contribution in [2.75, 3.05) is 19.7 Å². The second-order valence-corrected chi connectivity index (χ2v) is 9.82. The van der Waals surface area contributed by atoms with E-state index in [-0.39, 0.29) is 5.75 Å². The lowest BCUT2D eigenvalue weighted by Gasteiger charge is -2.31. The molecule has 1 aliphatic heterocycles. The molecule has 0 spiro atoms. The molecule has 0 amide bonds. The SMILES string of the molecule is C=CCn1c(SCc2cccc(Cl)c2)nnc1C1CCN(Cc2ccc(O)c(OCC)c2)CC1. The quantitative estimate of drug-likeness (QED) is 0.277. The molecule has 1 fully saturated rings. The van der Waals surface area contributed by atoms with Gasteiger partial charge in [-0.25, -0.2) is 0 Å². The van der Waals surface area contributed by atoms with Crippen LogP contribution in [0.3, 0.4) is 0 Å². The van der Waals surface area contributed by atoms with Gasteiger partial charge in [0.15, 0.2) is 16.7 Å². The van der Waals surface area contributed by atoms with Crippen LogP contribution >= 0.6 is 23.4 Å². The Morgan fingerprint density at radius 3 is 2.74 bits per heavy atom. The molecule has 3 aromatic rings. The van der Waals surface area contributed by atoms with Gasteiger partial charge in [-0.1, -0.05) is 47.6 Å². The average Bonchev–Trinajstić information content (AvgIpc) is 3.23. The molecule has 2 heterocycles. The van der Waals surface area contributed by atoms with Gasteiger partial charge in [0, 0.05) is 29.8 Å². The van der Waals surface area contributed by atoms with E-state index in [0.717, 1.165) is 59.8 Å². The standard InChI is InChI=1S/C26H31ClN4O2S/c1-3-12-31-25(28-29-26(31)34-18-20-6-5-7-22(27)15-20)21-10-13-30(14-11-21)17-19-8-9-23(32)24(16-19)33-4-2/h3,5-9,15-16,21,32H,1,4,10-14,17-18H2,2H3. The lowest BCUT2D eigenvalue weighted by atomic mass is 9.95. The molecule has 0 unspecified atom stereocenters. The van der Waals surface area contributed by atoms with E-state index >= 15 is 0 Å². The molecule has 180 valence electrons. The van der Waals surface area contributed by atoms with Gasteiger partial charge in [0.05, 0.1) is 6.61 Å². The Labute approximate surface area is 210 Å². The summed E-state index contributed by atoms with van der Waals surface area (Å²) in [6, 6.07) is 13.6. The van der Waals surface area contributed by atoms with Crippen molar-refractivity contribution in [3.05, 3.63) is 77.1 Å². The summed E-state index contributed by atoms with van der Waals surface area (Å²) < 4.78 is 7.74.